The minimum absolute atomic E-state index is 0.171. The van der Waals surface area contributed by atoms with Crippen molar-refractivity contribution in [3.05, 3.63) is 118 Å². The molecule has 2 atom stereocenters. The van der Waals surface area contributed by atoms with Crippen molar-refractivity contribution in [3.63, 3.8) is 0 Å². The van der Waals surface area contributed by atoms with Crippen molar-refractivity contribution in [2.75, 3.05) is 6.61 Å². The molecule has 0 fully saturated rings. The average Bonchev–Trinajstić information content (AvgIpc) is 3.54. The van der Waals surface area contributed by atoms with Crippen LogP contribution in [0, 0.1) is 0 Å². The summed E-state index contributed by atoms with van der Waals surface area (Å²) in [5.41, 5.74) is 9.26. The van der Waals surface area contributed by atoms with E-state index in [1.807, 2.05) is 85.8 Å². The fourth-order valence-electron chi connectivity index (χ4n) is 4.36. The quantitative estimate of drug-likeness (QED) is 0.170. The number of rotatable bonds is 14. The first-order valence-electron chi connectivity index (χ1n) is 14.1. The molecule has 5 N–H and O–H groups in total. The van der Waals surface area contributed by atoms with Gasteiger partial charge in [-0.25, -0.2) is 4.79 Å². The lowest BCUT2D eigenvalue weighted by atomic mass is 10.0. The standard InChI is InChI=1S/C33H36N4O5S/c1-2-41-27-14-12-24(13-15-27)19-30(37-33(40)42-28-16-17-43-22-28)32(39)36-29(18-23-6-4-3-5-7-23)31(38)35-21-26-10-8-25(20-34)9-11-26/h3-17,22,29-30H,2,18-21,34H2,1H3,(H,35,38)(H,36,39)(H,37,40)/t29-,30+/m0/s1. The summed E-state index contributed by atoms with van der Waals surface area (Å²) in [5, 5.41) is 12.0. The molecule has 0 spiro atoms. The number of hydrogen-bond acceptors (Lipinski definition) is 7. The van der Waals surface area contributed by atoms with Gasteiger partial charge in [0.1, 0.15) is 23.6 Å². The summed E-state index contributed by atoms with van der Waals surface area (Å²) in [6, 6.07) is 24.1. The van der Waals surface area contributed by atoms with E-state index < -0.39 is 24.1 Å². The molecule has 4 aromatic rings. The molecule has 0 aliphatic rings. The molecule has 3 amide bonds. The number of nitrogens with one attached hydrogen (secondary N) is 3. The van der Waals surface area contributed by atoms with Crippen molar-refractivity contribution in [2.24, 2.45) is 5.73 Å². The molecule has 0 saturated carbocycles. The number of nitrogens with two attached hydrogens (primary N) is 1. The maximum absolute atomic E-state index is 13.7. The van der Waals surface area contributed by atoms with Gasteiger partial charge in [0.05, 0.1) is 6.61 Å². The van der Waals surface area contributed by atoms with Crippen molar-refractivity contribution in [2.45, 2.75) is 44.9 Å². The number of thiophene rings is 1. The first kappa shape index (κ1) is 31.3. The van der Waals surface area contributed by atoms with E-state index in [1.165, 1.54) is 11.3 Å². The molecule has 0 radical (unpaired) electrons. The van der Waals surface area contributed by atoms with E-state index in [-0.39, 0.29) is 25.3 Å². The van der Waals surface area contributed by atoms with Crippen LogP contribution in [-0.2, 0) is 35.5 Å². The second-order valence-corrected chi connectivity index (χ2v) is 10.6. The molecule has 0 aliphatic carbocycles. The summed E-state index contributed by atoms with van der Waals surface area (Å²) in [6.45, 7) is 3.15. The van der Waals surface area contributed by atoms with E-state index in [0.29, 0.717) is 24.7 Å². The van der Waals surface area contributed by atoms with Crippen LogP contribution in [0.5, 0.6) is 11.5 Å². The summed E-state index contributed by atoms with van der Waals surface area (Å²) in [5.74, 6) is 0.221. The number of benzene rings is 3. The smallest absolute Gasteiger partial charge is 0.413 e. The number of carbonyl (C=O) groups is 3. The van der Waals surface area contributed by atoms with E-state index in [0.717, 1.165) is 22.3 Å². The van der Waals surface area contributed by atoms with Crippen molar-refractivity contribution < 1.29 is 23.9 Å². The van der Waals surface area contributed by atoms with Gasteiger partial charge >= 0.3 is 6.09 Å². The van der Waals surface area contributed by atoms with Crippen molar-refractivity contribution in [1.29, 1.82) is 0 Å². The van der Waals surface area contributed by atoms with Gasteiger partial charge in [-0.2, -0.15) is 0 Å². The SMILES string of the molecule is CCOc1ccc(C[C@@H](NC(=O)Oc2ccsc2)C(=O)N[C@@H](Cc2ccccc2)C(=O)NCc2ccc(CN)cc2)cc1. The lowest BCUT2D eigenvalue weighted by molar-refractivity contribution is -0.130. The Balaban J connectivity index is 1.50. The third kappa shape index (κ3) is 9.98. The molecule has 10 heteroatoms. The van der Waals surface area contributed by atoms with Crippen LogP contribution in [0.15, 0.2) is 95.7 Å². The fourth-order valence-corrected chi connectivity index (χ4v) is 4.91. The van der Waals surface area contributed by atoms with Gasteiger partial charge in [0, 0.05) is 31.3 Å². The number of ether oxygens (including phenoxy) is 2. The van der Waals surface area contributed by atoms with Crippen molar-refractivity contribution in [3.8, 4) is 11.5 Å². The van der Waals surface area contributed by atoms with Crippen LogP contribution in [-0.4, -0.2) is 36.6 Å². The maximum Gasteiger partial charge on any atom is 0.413 e. The summed E-state index contributed by atoms with van der Waals surface area (Å²) < 4.78 is 10.9. The molecular formula is C33H36N4O5S. The molecule has 0 bridgehead atoms. The van der Waals surface area contributed by atoms with Crippen LogP contribution in [0.25, 0.3) is 0 Å². The number of carbonyl (C=O) groups excluding carboxylic acids is 3. The van der Waals surface area contributed by atoms with Crippen LogP contribution < -0.4 is 31.2 Å². The van der Waals surface area contributed by atoms with E-state index in [4.69, 9.17) is 15.2 Å². The molecule has 1 aromatic heterocycles. The Hall–Kier alpha value is -4.67. The summed E-state index contributed by atoms with van der Waals surface area (Å²) in [6.07, 6.45) is -0.335. The van der Waals surface area contributed by atoms with Gasteiger partial charge in [0.15, 0.2) is 0 Å². The predicted molar refractivity (Wildman–Crippen MR) is 167 cm³/mol. The highest BCUT2D eigenvalue weighted by Gasteiger charge is 2.28. The zero-order valence-corrected chi connectivity index (χ0v) is 24.8. The van der Waals surface area contributed by atoms with Crippen LogP contribution in [0.2, 0.25) is 0 Å². The molecule has 0 aliphatic heterocycles. The highest BCUT2D eigenvalue weighted by atomic mass is 32.1. The molecule has 1 heterocycles. The number of amides is 3. The molecular weight excluding hydrogens is 564 g/mol. The molecule has 9 nitrogen and oxygen atoms in total. The van der Waals surface area contributed by atoms with E-state index in [9.17, 15) is 14.4 Å². The molecule has 4 rings (SSSR count). The summed E-state index contributed by atoms with van der Waals surface area (Å²) >= 11 is 1.39. The first-order chi connectivity index (χ1) is 20.9. The van der Waals surface area contributed by atoms with Crippen LogP contribution in [0.3, 0.4) is 0 Å². The van der Waals surface area contributed by atoms with Crippen molar-refractivity contribution in [1.82, 2.24) is 16.0 Å². The Bertz CT molecular complexity index is 1450. The zero-order valence-electron chi connectivity index (χ0n) is 24.0. The number of hydrogen-bond donors (Lipinski definition) is 4. The fraction of sp³-hybridized carbons (Fsp3) is 0.242. The van der Waals surface area contributed by atoms with Gasteiger partial charge in [-0.1, -0.05) is 66.7 Å². The second-order valence-electron chi connectivity index (χ2n) is 9.82. The van der Waals surface area contributed by atoms with E-state index >= 15 is 0 Å². The Morgan fingerprint density at radius 3 is 2.00 bits per heavy atom. The molecule has 224 valence electrons. The Morgan fingerprint density at radius 2 is 1.37 bits per heavy atom. The van der Waals surface area contributed by atoms with Gasteiger partial charge in [-0.3, -0.25) is 9.59 Å². The Labute approximate surface area is 255 Å². The minimum Gasteiger partial charge on any atom is -0.494 e. The normalized spacial score (nSPS) is 12.0. The third-order valence-electron chi connectivity index (χ3n) is 6.63. The van der Waals surface area contributed by atoms with Crippen molar-refractivity contribution >= 4 is 29.2 Å². The van der Waals surface area contributed by atoms with Crippen LogP contribution in [0.1, 0.15) is 29.2 Å². The zero-order chi connectivity index (χ0) is 30.4. The molecule has 0 unspecified atom stereocenters. The third-order valence-corrected chi connectivity index (χ3v) is 7.29. The average molecular weight is 601 g/mol. The lowest BCUT2D eigenvalue weighted by Gasteiger charge is -2.23. The second kappa shape index (κ2) is 16.1. The van der Waals surface area contributed by atoms with Gasteiger partial charge in [-0.15, -0.1) is 11.3 Å². The molecule has 0 saturated heterocycles. The van der Waals surface area contributed by atoms with Gasteiger partial charge < -0.3 is 31.2 Å². The Kier molecular flexibility index (Phi) is 11.7. The minimum atomic E-state index is -1.01. The van der Waals surface area contributed by atoms with E-state index in [1.54, 1.807) is 16.8 Å². The highest BCUT2D eigenvalue weighted by Crippen LogP contribution is 2.16. The lowest BCUT2D eigenvalue weighted by Crippen LogP contribution is -2.55. The first-order valence-corrected chi connectivity index (χ1v) is 15.0. The van der Waals surface area contributed by atoms with Gasteiger partial charge in [-0.05, 0) is 52.8 Å². The molecule has 3 aromatic carbocycles. The van der Waals surface area contributed by atoms with Gasteiger partial charge in [0.25, 0.3) is 0 Å². The maximum atomic E-state index is 13.7. The highest BCUT2D eigenvalue weighted by molar-refractivity contribution is 7.08. The monoisotopic (exact) mass is 600 g/mol. The summed E-state index contributed by atoms with van der Waals surface area (Å²) in [4.78, 5) is 39.9. The molecule has 43 heavy (non-hydrogen) atoms. The topological polar surface area (TPSA) is 132 Å². The van der Waals surface area contributed by atoms with E-state index in [2.05, 4.69) is 16.0 Å². The van der Waals surface area contributed by atoms with Crippen LogP contribution in [0.4, 0.5) is 4.79 Å². The van der Waals surface area contributed by atoms with Gasteiger partial charge in [0.2, 0.25) is 11.8 Å². The van der Waals surface area contributed by atoms with Crippen LogP contribution >= 0.6 is 11.3 Å². The predicted octanol–water partition coefficient (Wildman–Crippen LogP) is 4.35. The largest absolute Gasteiger partial charge is 0.494 e. The summed E-state index contributed by atoms with van der Waals surface area (Å²) in [7, 11) is 0. The Morgan fingerprint density at radius 1 is 0.744 bits per heavy atom.